The highest BCUT2D eigenvalue weighted by molar-refractivity contribution is 5.82. The molecule has 0 aromatic rings. The molecule has 0 radical (unpaired) electrons. The first kappa shape index (κ1) is 16.0. The second-order valence-corrected chi connectivity index (χ2v) is 7.76. The van der Waals surface area contributed by atoms with Crippen LogP contribution in [0.3, 0.4) is 0 Å². The second kappa shape index (κ2) is 6.15. The molecule has 3 heteroatoms. The van der Waals surface area contributed by atoms with Crippen LogP contribution in [0.5, 0.6) is 0 Å². The van der Waals surface area contributed by atoms with Crippen LogP contribution in [0.4, 0.5) is 0 Å². The first-order valence-electron chi connectivity index (χ1n) is 8.23. The fraction of sp³-hybridized carbons (Fsp3) is 0.941. The van der Waals surface area contributed by atoms with Crippen LogP contribution in [0.2, 0.25) is 0 Å². The Bertz CT molecular complexity index is 349. The zero-order chi connectivity index (χ0) is 14.9. The van der Waals surface area contributed by atoms with E-state index in [4.69, 9.17) is 0 Å². The summed E-state index contributed by atoms with van der Waals surface area (Å²) in [5.41, 5.74) is 0.364. The normalized spacial score (nSPS) is 33.5. The largest absolute Gasteiger partial charge is 0.304 e. The minimum Gasteiger partial charge on any atom is -0.304 e. The molecule has 0 aromatic heterocycles. The molecule has 2 fully saturated rings. The minimum atomic E-state index is 0.260. The van der Waals surface area contributed by atoms with Crippen LogP contribution < -0.4 is 0 Å². The Labute approximate surface area is 124 Å². The summed E-state index contributed by atoms with van der Waals surface area (Å²) >= 11 is 0. The lowest BCUT2D eigenvalue weighted by Gasteiger charge is -2.50. The number of nitrogens with zero attached hydrogens (tertiary/aromatic N) is 2. The molecular weight excluding hydrogens is 248 g/mol. The molecular formula is C17H32N2O. The van der Waals surface area contributed by atoms with Crippen LogP contribution in [0.1, 0.15) is 46.0 Å². The molecule has 0 spiro atoms. The summed E-state index contributed by atoms with van der Waals surface area (Å²) in [6, 6.07) is 0. The molecule has 2 rings (SSSR count). The van der Waals surface area contributed by atoms with Gasteiger partial charge < -0.3 is 9.80 Å². The Hall–Kier alpha value is -0.410. The fourth-order valence-electron chi connectivity index (χ4n) is 4.21. The molecule has 20 heavy (non-hydrogen) atoms. The molecule has 3 unspecified atom stereocenters. The highest BCUT2D eigenvalue weighted by Gasteiger charge is 2.41. The van der Waals surface area contributed by atoms with Gasteiger partial charge in [0.1, 0.15) is 5.78 Å². The lowest BCUT2D eigenvalue weighted by molar-refractivity contribution is -0.128. The number of hydrogen-bond acceptors (Lipinski definition) is 3. The third-order valence-corrected chi connectivity index (χ3v) is 5.73. The number of carbonyl (C=O) groups excluding carboxylic acids is 1. The van der Waals surface area contributed by atoms with E-state index in [-0.39, 0.29) is 5.92 Å². The van der Waals surface area contributed by atoms with Crippen LogP contribution in [0, 0.1) is 17.8 Å². The maximum absolute atomic E-state index is 12.3. The first-order valence-corrected chi connectivity index (χ1v) is 8.23. The molecule has 0 aliphatic heterocycles. The lowest BCUT2D eigenvalue weighted by Crippen LogP contribution is -2.57. The standard InChI is InChI=1S/C17H32N2O/c1-13-9-14(2)15(16(20)10-13)11-19(5)12-17(18(3)4)7-6-8-17/h13-15H,6-12H2,1-5H3. The van der Waals surface area contributed by atoms with Crippen molar-refractivity contribution >= 4 is 5.78 Å². The van der Waals surface area contributed by atoms with Crippen molar-refractivity contribution in [1.82, 2.24) is 9.80 Å². The number of rotatable bonds is 5. The summed E-state index contributed by atoms with van der Waals surface area (Å²) in [5, 5.41) is 0. The zero-order valence-electron chi connectivity index (χ0n) is 14.0. The smallest absolute Gasteiger partial charge is 0.137 e. The van der Waals surface area contributed by atoms with E-state index in [1.807, 2.05) is 0 Å². The van der Waals surface area contributed by atoms with Crippen molar-refractivity contribution in [2.45, 2.75) is 51.5 Å². The Kier molecular flexibility index (Phi) is 4.91. The summed E-state index contributed by atoms with van der Waals surface area (Å²) in [5.74, 6) is 1.88. The molecule has 0 aromatic carbocycles. The predicted molar refractivity (Wildman–Crippen MR) is 83.8 cm³/mol. The molecule has 2 aliphatic rings. The number of ketones is 1. The van der Waals surface area contributed by atoms with Gasteiger partial charge in [-0.2, -0.15) is 0 Å². The molecule has 2 aliphatic carbocycles. The summed E-state index contributed by atoms with van der Waals surface area (Å²) in [6.07, 6.45) is 5.96. The summed E-state index contributed by atoms with van der Waals surface area (Å²) in [4.78, 5) is 17.1. The van der Waals surface area contributed by atoms with Crippen molar-refractivity contribution in [3.8, 4) is 0 Å². The Morgan fingerprint density at radius 3 is 2.30 bits per heavy atom. The highest BCUT2D eigenvalue weighted by atomic mass is 16.1. The third kappa shape index (κ3) is 3.25. The van der Waals surface area contributed by atoms with Gasteiger partial charge in [0.05, 0.1) is 0 Å². The molecule has 3 nitrogen and oxygen atoms in total. The molecule has 3 atom stereocenters. The van der Waals surface area contributed by atoms with E-state index >= 15 is 0 Å². The molecule has 0 amide bonds. The van der Waals surface area contributed by atoms with Gasteiger partial charge in [-0.05, 0) is 58.7 Å². The Morgan fingerprint density at radius 2 is 1.85 bits per heavy atom. The van der Waals surface area contributed by atoms with Crippen LogP contribution in [-0.2, 0) is 4.79 Å². The average molecular weight is 280 g/mol. The third-order valence-electron chi connectivity index (χ3n) is 5.73. The van der Waals surface area contributed by atoms with Crippen molar-refractivity contribution in [1.29, 1.82) is 0 Å². The number of Topliss-reactive ketones (excluding diaryl/α,β-unsaturated/α-hetero) is 1. The molecule has 0 heterocycles. The zero-order valence-corrected chi connectivity index (χ0v) is 14.0. The number of carbonyl (C=O) groups is 1. The van der Waals surface area contributed by atoms with E-state index < -0.39 is 0 Å². The Morgan fingerprint density at radius 1 is 1.20 bits per heavy atom. The van der Waals surface area contributed by atoms with Gasteiger partial charge in [-0.3, -0.25) is 4.79 Å². The van der Waals surface area contributed by atoms with E-state index in [1.165, 1.54) is 25.7 Å². The van der Waals surface area contributed by atoms with Gasteiger partial charge in [-0.1, -0.05) is 13.8 Å². The summed E-state index contributed by atoms with van der Waals surface area (Å²) in [7, 11) is 6.59. The SMILES string of the molecule is CC1CC(=O)C(CN(C)CC2(N(C)C)CCC2)C(C)C1. The molecule has 2 saturated carbocycles. The molecule has 116 valence electrons. The lowest BCUT2D eigenvalue weighted by atomic mass is 9.73. The average Bonchev–Trinajstić information content (AvgIpc) is 2.28. The van der Waals surface area contributed by atoms with Gasteiger partial charge in [0.25, 0.3) is 0 Å². The van der Waals surface area contributed by atoms with Crippen LogP contribution >= 0.6 is 0 Å². The maximum Gasteiger partial charge on any atom is 0.137 e. The highest BCUT2D eigenvalue weighted by Crippen LogP contribution is 2.37. The quantitative estimate of drug-likeness (QED) is 0.773. The molecule has 0 N–H and O–H groups in total. The monoisotopic (exact) mass is 280 g/mol. The van der Waals surface area contributed by atoms with Gasteiger partial charge in [-0.15, -0.1) is 0 Å². The van der Waals surface area contributed by atoms with Crippen molar-refractivity contribution in [3.05, 3.63) is 0 Å². The van der Waals surface area contributed by atoms with Gasteiger partial charge >= 0.3 is 0 Å². The van der Waals surface area contributed by atoms with Crippen molar-refractivity contribution in [2.24, 2.45) is 17.8 Å². The van der Waals surface area contributed by atoms with Crippen LogP contribution in [-0.4, -0.2) is 55.4 Å². The van der Waals surface area contributed by atoms with Gasteiger partial charge in [-0.25, -0.2) is 0 Å². The topological polar surface area (TPSA) is 23.6 Å². The van der Waals surface area contributed by atoms with E-state index in [0.29, 0.717) is 23.2 Å². The van der Waals surface area contributed by atoms with Crippen molar-refractivity contribution in [3.63, 3.8) is 0 Å². The van der Waals surface area contributed by atoms with Gasteiger partial charge in [0.2, 0.25) is 0 Å². The predicted octanol–water partition coefficient (Wildman–Crippen LogP) is 2.65. The van der Waals surface area contributed by atoms with Crippen LogP contribution in [0.15, 0.2) is 0 Å². The molecule has 0 bridgehead atoms. The summed E-state index contributed by atoms with van der Waals surface area (Å²) in [6.45, 7) is 6.52. The number of likely N-dealkylation sites (N-methyl/N-ethyl adjacent to an activating group) is 2. The summed E-state index contributed by atoms with van der Waals surface area (Å²) < 4.78 is 0. The van der Waals surface area contributed by atoms with Crippen molar-refractivity contribution in [2.75, 3.05) is 34.2 Å². The van der Waals surface area contributed by atoms with E-state index in [9.17, 15) is 4.79 Å². The van der Waals surface area contributed by atoms with E-state index in [2.05, 4.69) is 44.8 Å². The van der Waals surface area contributed by atoms with Crippen molar-refractivity contribution < 1.29 is 4.79 Å². The van der Waals surface area contributed by atoms with Gasteiger partial charge in [0.15, 0.2) is 0 Å². The molecule has 0 saturated heterocycles. The van der Waals surface area contributed by atoms with E-state index in [1.54, 1.807) is 0 Å². The second-order valence-electron chi connectivity index (χ2n) is 7.76. The van der Waals surface area contributed by atoms with E-state index in [0.717, 1.165) is 19.5 Å². The number of hydrogen-bond donors (Lipinski definition) is 0. The minimum absolute atomic E-state index is 0.260. The van der Waals surface area contributed by atoms with Crippen LogP contribution in [0.25, 0.3) is 0 Å². The first-order chi connectivity index (χ1) is 9.34. The van der Waals surface area contributed by atoms with Gasteiger partial charge in [0, 0.05) is 31.0 Å². The Balaban J connectivity index is 1.90. The fourth-order valence-corrected chi connectivity index (χ4v) is 4.21. The maximum atomic E-state index is 12.3.